The van der Waals surface area contributed by atoms with Gasteiger partial charge in [-0.2, -0.15) is 0 Å². The second-order valence-corrected chi connectivity index (χ2v) is 8.11. The van der Waals surface area contributed by atoms with Gasteiger partial charge in [0, 0.05) is 12.2 Å². The van der Waals surface area contributed by atoms with Crippen LogP contribution in [0.4, 0.5) is 10.5 Å². The van der Waals surface area contributed by atoms with Crippen molar-refractivity contribution >= 4 is 40.3 Å². The topological polar surface area (TPSA) is 105 Å². The van der Waals surface area contributed by atoms with Gasteiger partial charge in [-0.3, -0.25) is 19.3 Å². The molecule has 0 unspecified atom stereocenters. The van der Waals surface area contributed by atoms with E-state index in [1.54, 1.807) is 6.07 Å². The van der Waals surface area contributed by atoms with Crippen molar-refractivity contribution in [1.82, 2.24) is 10.2 Å². The van der Waals surface area contributed by atoms with E-state index in [0.717, 1.165) is 28.5 Å². The van der Waals surface area contributed by atoms with E-state index in [-0.39, 0.29) is 18.9 Å². The number of esters is 1. The molecule has 1 saturated heterocycles. The Balaban J connectivity index is 1.28. The molecule has 1 atom stereocenters. The summed E-state index contributed by atoms with van der Waals surface area (Å²) in [5, 5.41) is 7.55. The Morgan fingerprint density at radius 3 is 2.58 bits per heavy atom. The molecule has 1 aliphatic carbocycles. The lowest BCUT2D eigenvalue weighted by Gasteiger charge is -2.20. The van der Waals surface area contributed by atoms with Crippen molar-refractivity contribution in [2.45, 2.75) is 50.7 Å². The second-order valence-electron chi connectivity index (χ2n) is 8.11. The summed E-state index contributed by atoms with van der Waals surface area (Å²) in [4.78, 5) is 50.4. The Bertz CT molecular complexity index is 1040. The van der Waals surface area contributed by atoms with Crippen LogP contribution in [0, 0.1) is 0 Å². The van der Waals surface area contributed by atoms with Crippen molar-refractivity contribution in [3.63, 3.8) is 0 Å². The lowest BCUT2D eigenvalue weighted by Crippen LogP contribution is -2.44. The molecular formula is C23H25N3O5. The Labute approximate surface area is 179 Å². The minimum absolute atomic E-state index is 0.0652. The number of amides is 4. The standard InChI is InChI=1S/C23H25N3O5/c1-15(20(28)24-18-9-8-16-6-2-3-7-17(16)14-18)31-19(27)10-13-26-21(29)23(25-22(26)30)11-4-5-12-23/h2-3,6-9,14-15H,4-5,10-13H2,1H3,(H,24,28)(H,25,30)/t15-/m0/s1. The van der Waals surface area contributed by atoms with E-state index in [9.17, 15) is 19.2 Å². The van der Waals surface area contributed by atoms with Crippen LogP contribution in [0.2, 0.25) is 0 Å². The minimum Gasteiger partial charge on any atom is -0.452 e. The molecule has 2 N–H and O–H groups in total. The highest BCUT2D eigenvalue weighted by molar-refractivity contribution is 6.07. The fourth-order valence-electron chi connectivity index (χ4n) is 4.22. The highest BCUT2D eigenvalue weighted by atomic mass is 16.5. The van der Waals surface area contributed by atoms with E-state index < -0.39 is 29.6 Å². The molecule has 1 saturated carbocycles. The molecule has 4 rings (SSSR count). The summed E-state index contributed by atoms with van der Waals surface area (Å²) in [7, 11) is 0. The Kier molecular flexibility index (Phi) is 5.63. The Morgan fingerprint density at radius 1 is 1.13 bits per heavy atom. The first-order valence-electron chi connectivity index (χ1n) is 10.5. The van der Waals surface area contributed by atoms with Crippen LogP contribution in [0.3, 0.4) is 0 Å². The highest BCUT2D eigenvalue weighted by Crippen LogP contribution is 2.35. The van der Waals surface area contributed by atoms with Crippen LogP contribution in [-0.4, -0.2) is 46.9 Å². The first-order valence-corrected chi connectivity index (χ1v) is 10.5. The van der Waals surface area contributed by atoms with Crippen LogP contribution < -0.4 is 10.6 Å². The predicted octanol–water partition coefficient (Wildman–Crippen LogP) is 2.96. The number of hydrogen-bond donors (Lipinski definition) is 2. The fourth-order valence-corrected chi connectivity index (χ4v) is 4.22. The summed E-state index contributed by atoms with van der Waals surface area (Å²) in [5.41, 5.74) is -0.193. The first-order chi connectivity index (χ1) is 14.9. The average Bonchev–Trinajstić information content (AvgIpc) is 3.31. The predicted molar refractivity (Wildman–Crippen MR) is 114 cm³/mol. The van der Waals surface area contributed by atoms with Gasteiger partial charge in [0.2, 0.25) is 0 Å². The largest absolute Gasteiger partial charge is 0.452 e. The molecule has 2 aromatic carbocycles. The van der Waals surface area contributed by atoms with Crippen LogP contribution in [0.15, 0.2) is 42.5 Å². The van der Waals surface area contributed by atoms with Gasteiger partial charge < -0.3 is 15.4 Å². The van der Waals surface area contributed by atoms with Crippen LogP contribution in [0.1, 0.15) is 39.0 Å². The number of hydrogen-bond acceptors (Lipinski definition) is 5. The van der Waals surface area contributed by atoms with Gasteiger partial charge in [0.1, 0.15) is 5.54 Å². The van der Waals surface area contributed by atoms with Crippen LogP contribution in [0.25, 0.3) is 10.8 Å². The number of nitrogens with zero attached hydrogens (tertiary/aromatic N) is 1. The quantitative estimate of drug-likeness (QED) is 0.549. The number of urea groups is 1. The molecule has 0 aromatic heterocycles. The number of rotatable bonds is 6. The molecular weight excluding hydrogens is 398 g/mol. The normalized spacial score (nSPS) is 18.3. The van der Waals surface area contributed by atoms with Crippen molar-refractivity contribution in [2.75, 3.05) is 11.9 Å². The van der Waals surface area contributed by atoms with Gasteiger partial charge in [0.25, 0.3) is 11.8 Å². The van der Waals surface area contributed by atoms with E-state index in [0.29, 0.717) is 18.5 Å². The van der Waals surface area contributed by atoms with Crippen molar-refractivity contribution in [1.29, 1.82) is 0 Å². The maximum atomic E-state index is 12.6. The molecule has 0 radical (unpaired) electrons. The van der Waals surface area contributed by atoms with Gasteiger partial charge >= 0.3 is 12.0 Å². The number of ether oxygens (including phenoxy) is 1. The summed E-state index contributed by atoms with van der Waals surface area (Å²) in [6.45, 7) is 1.42. The van der Waals surface area contributed by atoms with Crippen LogP contribution in [-0.2, 0) is 19.1 Å². The Morgan fingerprint density at radius 2 is 1.84 bits per heavy atom. The molecule has 1 aliphatic heterocycles. The summed E-state index contributed by atoms with van der Waals surface area (Å²) < 4.78 is 5.20. The van der Waals surface area contributed by atoms with Gasteiger partial charge in [0.15, 0.2) is 6.10 Å². The smallest absolute Gasteiger partial charge is 0.325 e. The monoisotopic (exact) mass is 423 g/mol. The zero-order valence-electron chi connectivity index (χ0n) is 17.3. The van der Waals surface area contributed by atoms with E-state index in [1.807, 2.05) is 36.4 Å². The second kappa shape index (κ2) is 8.37. The summed E-state index contributed by atoms with van der Waals surface area (Å²) in [6.07, 6.45) is 1.87. The first kappa shape index (κ1) is 20.8. The molecule has 31 heavy (non-hydrogen) atoms. The molecule has 2 aliphatic rings. The molecule has 8 nitrogen and oxygen atoms in total. The molecule has 2 aromatic rings. The van der Waals surface area contributed by atoms with Gasteiger partial charge in [0.05, 0.1) is 6.42 Å². The maximum Gasteiger partial charge on any atom is 0.325 e. The van der Waals surface area contributed by atoms with Crippen molar-refractivity contribution in [3.8, 4) is 0 Å². The average molecular weight is 423 g/mol. The van der Waals surface area contributed by atoms with Crippen molar-refractivity contribution in [2.24, 2.45) is 0 Å². The van der Waals surface area contributed by atoms with Crippen molar-refractivity contribution in [3.05, 3.63) is 42.5 Å². The van der Waals surface area contributed by atoms with E-state index >= 15 is 0 Å². The number of anilines is 1. The van der Waals surface area contributed by atoms with E-state index in [1.165, 1.54) is 6.92 Å². The van der Waals surface area contributed by atoms with Crippen LogP contribution >= 0.6 is 0 Å². The molecule has 1 spiro atoms. The number of carbonyl (C=O) groups is 4. The van der Waals surface area contributed by atoms with Gasteiger partial charge in [-0.25, -0.2) is 4.79 Å². The van der Waals surface area contributed by atoms with Crippen molar-refractivity contribution < 1.29 is 23.9 Å². The lowest BCUT2D eigenvalue weighted by atomic mass is 9.98. The Hall–Kier alpha value is -3.42. The number of nitrogens with one attached hydrogen (secondary N) is 2. The van der Waals surface area contributed by atoms with E-state index in [4.69, 9.17) is 4.74 Å². The molecule has 0 bridgehead atoms. The molecule has 162 valence electrons. The zero-order chi connectivity index (χ0) is 22.0. The molecule has 2 fully saturated rings. The fraction of sp³-hybridized carbons (Fsp3) is 0.391. The number of fused-ring (bicyclic) bond motifs is 1. The third-order valence-electron chi connectivity index (χ3n) is 5.94. The minimum atomic E-state index is -1.01. The highest BCUT2D eigenvalue weighted by Gasteiger charge is 2.52. The molecule has 1 heterocycles. The van der Waals surface area contributed by atoms with Gasteiger partial charge in [-0.1, -0.05) is 43.2 Å². The van der Waals surface area contributed by atoms with Gasteiger partial charge in [-0.15, -0.1) is 0 Å². The van der Waals surface area contributed by atoms with Gasteiger partial charge in [-0.05, 0) is 42.7 Å². The molecule has 4 amide bonds. The summed E-state index contributed by atoms with van der Waals surface area (Å²) >= 11 is 0. The number of benzene rings is 2. The summed E-state index contributed by atoms with van der Waals surface area (Å²) in [6, 6.07) is 12.8. The van der Waals surface area contributed by atoms with E-state index in [2.05, 4.69) is 10.6 Å². The summed E-state index contributed by atoms with van der Waals surface area (Å²) in [5.74, 6) is -1.37. The third kappa shape index (κ3) is 4.23. The zero-order valence-corrected chi connectivity index (χ0v) is 17.3. The number of imide groups is 1. The van der Waals surface area contributed by atoms with Crippen LogP contribution in [0.5, 0.6) is 0 Å². The SMILES string of the molecule is C[C@H](OC(=O)CCN1C(=O)NC2(CCCC2)C1=O)C(=O)Nc1ccc2ccccc2c1. The third-order valence-corrected chi connectivity index (χ3v) is 5.94. The number of carbonyl (C=O) groups excluding carboxylic acids is 4. The lowest BCUT2D eigenvalue weighted by molar-refractivity contribution is -0.153. The molecule has 8 heteroatoms. The maximum absolute atomic E-state index is 12.6.